The lowest BCUT2D eigenvalue weighted by molar-refractivity contribution is -0.0500. The van der Waals surface area contributed by atoms with Crippen molar-refractivity contribution in [3.8, 4) is 34.5 Å². The molecule has 3 aromatic rings. The summed E-state index contributed by atoms with van der Waals surface area (Å²) in [6.07, 6.45) is 1.84. The maximum Gasteiger partial charge on any atom is 0.534 e. The number of hydrogen-bond acceptors (Lipinski definition) is 9. The number of hydrogen-bond donors (Lipinski definition) is 0. The van der Waals surface area contributed by atoms with E-state index in [1.807, 2.05) is 19.1 Å². The van der Waals surface area contributed by atoms with Crippen LogP contribution in [0.2, 0.25) is 0 Å². The molecule has 14 heteroatoms. The quantitative estimate of drug-likeness (QED) is 0.121. The van der Waals surface area contributed by atoms with Crippen LogP contribution in [0.1, 0.15) is 59.6 Å². The summed E-state index contributed by atoms with van der Waals surface area (Å²) in [6, 6.07) is 8.49. The van der Waals surface area contributed by atoms with Crippen LogP contribution in [0.4, 0.5) is 13.2 Å². The van der Waals surface area contributed by atoms with Gasteiger partial charge in [-0.3, -0.25) is 0 Å². The minimum absolute atomic E-state index is 0.000603. The summed E-state index contributed by atoms with van der Waals surface area (Å²) in [5.74, 6) is 1.33. The molecule has 0 atom stereocenters. The van der Waals surface area contributed by atoms with Gasteiger partial charge < -0.3 is 32.6 Å². The third-order valence-corrected chi connectivity index (χ3v) is 10.6. The van der Waals surface area contributed by atoms with Gasteiger partial charge in [-0.05, 0) is 63.9 Å². The van der Waals surface area contributed by atoms with E-state index in [1.165, 1.54) is 48.7 Å². The van der Waals surface area contributed by atoms with Crippen LogP contribution in [0, 0.1) is 3.57 Å². The molecule has 45 heavy (non-hydrogen) atoms. The van der Waals surface area contributed by atoms with Gasteiger partial charge in [0.1, 0.15) is 28.7 Å². The fraction of sp³-hybridized carbons (Fsp3) is 0.419. The van der Waals surface area contributed by atoms with E-state index in [1.54, 1.807) is 34.7 Å². The van der Waals surface area contributed by atoms with E-state index in [0.717, 1.165) is 6.42 Å². The van der Waals surface area contributed by atoms with Gasteiger partial charge in [0.15, 0.2) is 11.4 Å². The molecule has 0 unspecified atom stereocenters. The summed E-state index contributed by atoms with van der Waals surface area (Å²) in [6.45, 7) is 2.02. The van der Waals surface area contributed by atoms with Crippen LogP contribution in [0.15, 0.2) is 30.3 Å². The van der Waals surface area contributed by atoms with Crippen LogP contribution >= 0.6 is 22.6 Å². The van der Waals surface area contributed by atoms with Crippen molar-refractivity contribution in [3.63, 3.8) is 0 Å². The zero-order valence-corrected chi connectivity index (χ0v) is 28.6. The molecular formula is C31H32F3IO9S. The fourth-order valence-corrected chi connectivity index (χ4v) is 8.18. The van der Waals surface area contributed by atoms with Crippen molar-refractivity contribution in [2.45, 2.75) is 42.7 Å². The number of ether oxygens (including phenoxy) is 6. The Kier molecular flexibility index (Phi) is 8.57. The topological polar surface area (TPSA) is 98.8 Å². The maximum atomic E-state index is 13.6. The van der Waals surface area contributed by atoms with Gasteiger partial charge in [0.05, 0.1) is 39.1 Å². The number of methoxy groups -OCH3 is 6. The zero-order valence-electron chi connectivity index (χ0n) is 25.6. The summed E-state index contributed by atoms with van der Waals surface area (Å²) >= 11 is 1.73. The predicted molar refractivity (Wildman–Crippen MR) is 167 cm³/mol. The van der Waals surface area contributed by atoms with Gasteiger partial charge in [-0.1, -0.05) is 19.8 Å². The first-order valence-corrected chi connectivity index (χ1v) is 16.3. The average Bonchev–Trinajstić information content (AvgIpc) is 3.02. The van der Waals surface area contributed by atoms with Gasteiger partial charge in [-0.15, -0.1) is 0 Å². The smallest absolute Gasteiger partial charge is 0.497 e. The van der Waals surface area contributed by atoms with Gasteiger partial charge in [0.2, 0.25) is 0 Å². The molecule has 2 bridgehead atoms. The lowest BCUT2D eigenvalue weighted by Gasteiger charge is -2.56. The van der Waals surface area contributed by atoms with Crippen molar-refractivity contribution in [2.75, 3.05) is 42.7 Å². The summed E-state index contributed by atoms with van der Waals surface area (Å²) in [5.41, 5.74) is -4.80. The van der Waals surface area contributed by atoms with E-state index in [-0.39, 0.29) is 9.32 Å². The second kappa shape index (κ2) is 11.6. The molecule has 0 radical (unpaired) electrons. The molecule has 0 fully saturated rings. The minimum atomic E-state index is -6.03. The number of unbranched alkanes of at least 4 members (excludes halogenated alkanes) is 1. The van der Waals surface area contributed by atoms with E-state index in [0.29, 0.717) is 69.2 Å². The van der Waals surface area contributed by atoms with Crippen LogP contribution < -0.4 is 27.9 Å². The van der Waals surface area contributed by atoms with Crippen molar-refractivity contribution >= 4 is 32.7 Å². The Labute approximate surface area is 273 Å². The van der Waals surface area contributed by atoms with Crippen LogP contribution in [-0.4, -0.2) is 56.6 Å². The SMILES string of the molecule is CCCCC12c3cc(OC)cc(OC)c3C(OC)(c3c(OC)cc(OC)cc31)c1c2cc(OS(=O)(=O)C(F)(F)F)c(I)c1OC. The third-order valence-electron chi connectivity index (χ3n) is 8.58. The normalized spacial score (nSPS) is 19.7. The zero-order chi connectivity index (χ0) is 33.1. The van der Waals surface area contributed by atoms with E-state index in [4.69, 9.17) is 32.6 Å². The Morgan fingerprint density at radius 3 is 1.64 bits per heavy atom. The maximum absolute atomic E-state index is 13.6. The predicted octanol–water partition coefficient (Wildman–Crippen LogP) is 6.65. The van der Waals surface area contributed by atoms with Crippen LogP contribution in [0.3, 0.4) is 0 Å². The number of rotatable bonds is 11. The van der Waals surface area contributed by atoms with Crippen molar-refractivity contribution < 1.29 is 54.2 Å². The standard InChI is InChI=1S/C31H32F3IO9S/c1-8-9-10-29-18-11-16(38-2)13-21(40-4)24(18)30(43-7,25-19(29)12-17(39-3)14-22(25)41-5)26-20(29)15-23(27(35)28(26)42-6)44-45(36,37)31(32,33)34/h11-15H,8-10H2,1-7H3. The highest BCUT2D eigenvalue weighted by molar-refractivity contribution is 14.1. The summed E-state index contributed by atoms with van der Waals surface area (Å²) < 4.78 is 106. The molecule has 3 aliphatic carbocycles. The fourth-order valence-electron chi connectivity index (χ4n) is 6.81. The van der Waals surface area contributed by atoms with E-state index in [9.17, 15) is 21.6 Å². The van der Waals surface area contributed by atoms with Crippen molar-refractivity contribution in [1.29, 1.82) is 0 Å². The summed E-state index contributed by atoms with van der Waals surface area (Å²) in [5, 5.41) is 0. The lowest BCUT2D eigenvalue weighted by Crippen LogP contribution is -2.52. The highest BCUT2D eigenvalue weighted by Crippen LogP contribution is 2.70. The van der Waals surface area contributed by atoms with Crippen molar-refractivity contribution in [1.82, 2.24) is 0 Å². The van der Waals surface area contributed by atoms with Gasteiger partial charge in [-0.25, -0.2) is 0 Å². The highest BCUT2D eigenvalue weighted by Gasteiger charge is 2.64. The Bertz CT molecular complexity index is 1710. The first kappa shape index (κ1) is 33.3. The Hall–Kier alpha value is -3.11. The van der Waals surface area contributed by atoms with Crippen LogP contribution in [0.25, 0.3) is 0 Å². The Balaban J connectivity index is 2.08. The largest absolute Gasteiger partial charge is 0.534 e. The molecule has 0 saturated heterocycles. The molecule has 3 aromatic carbocycles. The van der Waals surface area contributed by atoms with Gasteiger partial charge in [-0.2, -0.15) is 21.6 Å². The molecule has 0 aliphatic heterocycles. The molecule has 0 saturated carbocycles. The lowest BCUT2D eigenvalue weighted by atomic mass is 9.49. The second-order valence-corrected chi connectivity index (χ2v) is 13.1. The van der Waals surface area contributed by atoms with E-state index < -0.39 is 32.4 Å². The Morgan fingerprint density at radius 1 is 0.733 bits per heavy atom. The van der Waals surface area contributed by atoms with Crippen molar-refractivity contribution in [2.24, 2.45) is 0 Å². The number of alkyl halides is 3. The van der Waals surface area contributed by atoms with E-state index >= 15 is 0 Å². The molecule has 9 nitrogen and oxygen atoms in total. The molecule has 0 amide bonds. The third kappa shape index (κ3) is 4.53. The minimum Gasteiger partial charge on any atom is -0.497 e. The highest BCUT2D eigenvalue weighted by atomic mass is 127. The van der Waals surface area contributed by atoms with E-state index in [2.05, 4.69) is 0 Å². The van der Waals surface area contributed by atoms with Gasteiger partial charge in [0.25, 0.3) is 0 Å². The molecule has 3 aliphatic rings. The molecule has 0 heterocycles. The average molecular weight is 765 g/mol. The van der Waals surface area contributed by atoms with Gasteiger partial charge >= 0.3 is 15.6 Å². The molecule has 0 N–H and O–H groups in total. The van der Waals surface area contributed by atoms with Crippen molar-refractivity contribution in [3.05, 3.63) is 67.3 Å². The molecule has 0 aromatic heterocycles. The van der Waals surface area contributed by atoms with Crippen LogP contribution in [0.5, 0.6) is 34.5 Å². The Morgan fingerprint density at radius 2 is 1.24 bits per heavy atom. The first-order valence-electron chi connectivity index (χ1n) is 13.8. The molecule has 244 valence electrons. The summed E-state index contributed by atoms with van der Waals surface area (Å²) in [7, 11) is 2.89. The molecule has 6 rings (SSSR count). The second-order valence-electron chi connectivity index (χ2n) is 10.5. The molecular weight excluding hydrogens is 732 g/mol. The van der Waals surface area contributed by atoms with Crippen LogP contribution in [-0.2, 0) is 25.9 Å². The first-order chi connectivity index (χ1) is 21.3. The monoisotopic (exact) mass is 764 g/mol. The number of benzene rings is 3. The summed E-state index contributed by atoms with van der Waals surface area (Å²) in [4.78, 5) is 0. The molecule has 0 spiro atoms. The van der Waals surface area contributed by atoms with Gasteiger partial charge in [0, 0.05) is 41.3 Å². The number of halogens is 4.